The first-order chi connectivity index (χ1) is 8.56. The lowest BCUT2D eigenvalue weighted by molar-refractivity contribution is 0.102. The van der Waals surface area contributed by atoms with Crippen molar-refractivity contribution in [3.05, 3.63) is 57.5 Å². The van der Waals surface area contributed by atoms with Crippen molar-refractivity contribution in [2.75, 3.05) is 5.32 Å². The molecule has 92 valence electrons. The third kappa shape index (κ3) is 3.05. The van der Waals surface area contributed by atoms with Crippen LogP contribution in [0.15, 0.2) is 41.0 Å². The Morgan fingerprint density at radius 3 is 2.72 bits per heavy atom. The van der Waals surface area contributed by atoms with E-state index in [0.29, 0.717) is 15.3 Å². The van der Waals surface area contributed by atoms with Gasteiger partial charge in [0.25, 0.3) is 5.91 Å². The first-order valence-corrected chi connectivity index (χ1v) is 6.11. The molecule has 18 heavy (non-hydrogen) atoms. The zero-order chi connectivity index (χ0) is 13.1. The molecule has 0 atom stereocenters. The number of aromatic nitrogens is 1. The molecule has 0 saturated carbocycles. The molecule has 0 saturated heterocycles. The van der Waals surface area contributed by atoms with Crippen LogP contribution < -0.4 is 5.32 Å². The van der Waals surface area contributed by atoms with Gasteiger partial charge in [0.15, 0.2) is 0 Å². The summed E-state index contributed by atoms with van der Waals surface area (Å²) in [6.07, 6.45) is 1.40. The maximum absolute atomic E-state index is 13.5. The van der Waals surface area contributed by atoms with E-state index in [1.54, 1.807) is 12.1 Å². The van der Waals surface area contributed by atoms with E-state index in [2.05, 4.69) is 26.2 Å². The van der Waals surface area contributed by atoms with Crippen molar-refractivity contribution in [3.8, 4) is 0 Å². The normalized spacial score (nSPS) is 10.2. The van der Waals surface area contributed by atoms with Crippen molar-refractivity contribution in [2.45, 2.75) is 0 Å². The van der Waals surface area contributed by atoms with Gasteiger partial charge in [-0.15, -0.1) is 0 Å². The van der Waals surface area contributed by atoms with Crippen LogP contribution >= 0.6 is 27.5 Å². The molecule has 3 nitrogen and oxygen atoms in total. The lowest BCUT2D eigenvalue weighted by atomic mass is 10.2. The molecule has 0 spiro atoms. The van der Waals surface area contributed by atoms with Crippen LogP contribution in [0.25, 0.3) is 0 Å². The molecular weight excluding hydrogens is 322 g/mol. The van der Waals surface area contributed by atoms with Gasteiger partial charge in [0.05, 0.1) is 17.4 Å². The van der Waals surface area contributed by atoms with Gasteiger partial charge in [-0.25, -0.2) is 9.37 Å². The van der Waals surface area contributed by atoms with Crippen LogP contribution in [0.2, 0.25) is 5.15 Å². The van der Waals surface area contributed by atoms with Crippen LogP contribution in [0.4, 0.5) is 10.1 Å². The Balaban J connectivity index is 2.19. The summed E-state index contributed by atoms with van der Waals surface area (Å²) in [4.78, 5) is 15.6. The minimum Gasteiger partial charge on any atom is -0.320 e. The minimum atomic E-state index is -0.594. The highest BCUT2D eigenvalue weighted by Gasteiger charge is 2.12. The van der Waals surface area contributed by atoms with Crippen LogP contribution in [-0.2, 0) is 0 Å². The van der Waals surface area contributed by atoms with Gasteiger partial charge in [0, 0.05) is 4.47 Å². The van der Waals surface area contributed by atoms with Gasteiger partial charge in [0.2, 0.25) is 0 Å². The summed E-state index contributed by atoms with van der Waals surface area (Å²) in [7, 11) is 0. The fraction of sp³-hybridized carbons (Fsp3) is 0. The summed E-state index contributed by atoms with van der Waals surface area (Å²) in [5.41, 5.74) is 0.417. The SMILES string of the molecule is O=C(Nc1ccc(Cl)nc1)c1ccc(Br)cc1F. The van der Waals surface area contributed by atoms with E-state index in [4.69, 9.17) is 11.6 Å². The largest absolute Gasteiger partial charge is 0.320 e. The standard InChI is InChI=1S/C12H7BrClFN2O/c13-7-1-3-9(10(15)5-7)12(18)17-8-2-4-11(14)16-6-8/h1-6H,(H,17,18). The Kier molecular flexibility index (Phi) is 3.93. The summed E-state index contributed by atoms with van der Waals surface area (Å²) < 4.78 is 14.1. The van der Waals surface area contributed by atoms with Crippen molar-refractivity contribution >= 4 is 39.1 Å². The number of hydrogen-bond acceptors (Lipinski definition) is 2. The molecule has 1 aromatic carbocycles. The van der Waals surface area contributed by atoms with Gasteiger partial charge in [0.1, 0.15) is 11.0 Å². The topological polar surface area (TPSA) is 42.0 Å². The van der Waals surface area contributed by atoms with E-state index in [1.165, 1.54) is 24.4 Å². The Labute approximate surface area is 116 Å². The van der Waals surface area contributed by atoms with Crippen molar-refractivity contribution in [2.24, 2.45) is 0 Å². The van der Waals surface area contributed by atoms with Crippen LogP contribution in [0.5, 0.6) is 0 Å². The molecule has 1 aromatic heterocycles. The summed E-state index contributed by atoms with van der Waals surface area (Å²) in [6.45, 7) is 0. The zero-order valence-electron chi connectivity index (χ0n) is 8.95. The van der Waals surface area contributed by atoms with Crippen LogP contribution in [0.1, 0.15) is 10.4 Å². The second-order valence-corrected chi connectivity index (χ2v) is 4.75. The van der Waals surface area contributed by atoms with E-state index in [0.717, 1.165) is 0 Å². The Morgan fingerprint density at radius 1 is 1.33 bits per heavy atom. The maximum Gasteiger partial charge on any atom is 0.258 e. The van der Waals surface area contributed by atoms with Gasteiger partial charge in [-0.2, -0.15) is 0 Å². The molecule has 1 heterocycles. The first-order valence-electron chi connectivity index (χ1n) is 4.94. The molecule has 0 aliphatic heterocycles. The Hall–Kier alpha value is -1.46. The van der Waals surface area contributed by atoms with Crippen molar-refractivity contribution < 1.29 is 9.18 Å². The molecular formula is C12H7BrClFN2O. The summed E-state index contributed by atoms with van der Waals surface area (Å²) in [6, 6.07) is 7.35. The number of hydrogen-bond donors (Lipinski definition) is 1. The number of benzene rings is 1. The lowest BCUT2D eigenvalue weighted by Crippen LogP contribution is -2.13. The number of anilines is 1. The monoisotopic (exact) mass is 328 g/mol. The molecule has 0 aliphatic carbocycles. The average Bonchev–Trinajstić information content (AvgIpc) is 2.32. The highest BCUT2D eigenvalue weighted by Crippen LogP contribution is 2.17. The highest BCUT2D eigenvalue weighted by atomic mass is 79.9. The van der Waals surface area contributed by atoms with Crippen molar-refractivity contribution in [3.63, 3.8) is 0 Å². The summed E-state index contributed by atoms with van der Waals surface area (Å²) in [5.74, 6) is -1.13. The zero-order valence-corrected chi connectivity index (χ0v) is 11.3. The molecule has 1 N–H and O–H groups in total. The fourth-order valence-corrected chi connectivity index (χ4v) is 1.77. The molecule has 0 aliphatic rings. The number of carbonyl (C=O) groups is 1. The molecule has 6 heteroatoms. The van der Waals surface area contributed by atoms with Gasteiger partial charge in [-0.05, 0) is 30.3 Å². The van der Waals surface area contributed by atoms with E-state index >= 15 is 0 Å². The second kappa shape index (κ2) is 5.46. The number of halogens is 3. The third-order valence-corrected chi connectivity index (χ3v) is 2.88. The van der Waals surface area contributed by atoms with Gasteiger partial charge in [-0.3, -0.25) is 4.79 Å². The van der Waals surface area contributed by atoms with E-state index in [9.17, 15) is 9.18 Å². The van der Waals surface area contributed by atoms with E-state index in [-0.39, 0.29) is 5.56 Å². The molecule has 0 unspecified atom stereocenters. The predicted molar refractivity (Wildman–Crippen MR) is 71.3 cm³/mol. The van der Waals surface area contributed by atoms with Gasteiger partial charge in [-0.1, -0.05) is 27.5 Å². The molecule has 0 radical (unpaired) electrons. The van der Waals surface area contributed by atoms with Crippen LogP contribution in [-0.4, -0.2) is 10.9 Å². The number of pyridine rings is 1. The van der Waals surface area contributed by atoms with Gasteiger partial charge >= 0.3 is 0 Å². The highest BCUT2D eigenvalue weighted by molar-refractivity contribution is 9.10. The van der Waals surface area contributed by atoms with Gasteiger partial charge < -0.3 is 5.32 Å². The molecule has 2 rings (SSSR count). The maximum atomic E-state index is 13.5. The average molecular weight is 330 g/mol. The third-order valence-electron chi connectivity index (χ3n) is 2.16. The summed E-state index contributed by atoms with van der Waals surface area (Å²) >= 11 is 8.74. The quantitative estimate of drug-likeness (QED) is 0.849. The number of carbonyl (C=O) groups excluding carboxylic acids is 1. The predicted octanol–water partition coefficient (Wildman–Crippen LogP) is 3.89. The molecule has 2 aromatic rings. The fourth-order valence-electron chi connectivity index (χ4n) is 1.32. The minimum absolute atomic E-state index is 0.0341. The number of nitrogens with one attached hydrogen (secondary N) is 1. The molecule has 0 fully saturated rings. The Morgan fingerprint density at radius 2 is 2.11 bits per heavy atom. The Bertz CT molecular complexity index is 589. The van der Waals surface area contributed by atoms with Crippen LogP contribution in [0, 0.1) is 5.82 Å². The van der Waals surface area contributed by atoms with Crippen molar-refractivity contribution in [1.82, 2.24) is 4.98 Å². The number of amides is 1. The number of nitrogens with zero attached hydrogens (tertiary/aromatic N) is 1. The van der Waals surface area contributed by atoms with Crippen LogP contribution in [0.3, 0.4) is 0 Å². The molecule has 0 bridgehead atoms. The lowest BCUT2D eigenvalue weighted by Gasteiger charge is -2.06. The number of rotatable bonds is 2. The summed E-state index contributed by atoms with van der Waals surface area (Å²) in [5, 5.41) is 2.85. The van der Waals surface area contributed by atoms with E-state index < -0.39 is 11.7 Å². The first kappa shape index (κ1) is 13.0. The van der Waals surface area contributed by atoms with E-state index in [1.807, 2.05) is 0 Å². The smallest absolute Gasteiger partial charge is 0.258 e. The second-order valence-electron chi connectivity index (χ2n) is 3.45. The van der Waals surface area contributed by atoms with Crippen molar-refractivity contribution in [1.29, 1.82) is 0 Å². The molecule has 1 amide bonds.